The molecule has 8 nitrogen and oxygen atoms in total. The van der Waals surface area contributed by atoms with Crippen LogP contribution in [0.1, 0.15) is 49.8 Å². The third-order valence-electron chi connectivity index (χ3n) is 4.34. The highest BCUT2D eigenvalue weighted by Crippen LogP contribution is 2.30. The second-order valence-corrected chi connectivity index (χ2v) is 8.03. The van der Waals surface area contributed by atoms with Crippen LogP contribution in [0.25, 0.3) is 11.0 Å². The van der Waals surface area contributed by atoms with Crippen LogP contribution in [0.4, 0.5) is 5.82 Å². The van der Waals surface area contributed by atoms with Gasteiger partial charge in [-0.15, -0.1) is 0 Å². The van der Waals surface area contributed by atoms with Crippen LogP contribution in [-0.2, 0) is 21.4 Å². The van der Waals surface area contributed by atoms with Crippen molar-refractivity contribution in [2.24, 2.45) is 5.14 Å². The third kappa shape index (κ3) is 4.47. The number of imidazole rings is 1. The lowest BCUT2D eigenvalue weighted by molar-refractivity contribution is 0.124. The van der Waals surface area contributed by atoms with Gasteiger partial charge in [-0.3, -0.25) is 0 Å². The molecule has 0 saturated heterocycles. The number of sulfonamides is 1. The van der Waals surface area contributed by atoms with Gasteiger partial charge in [-0.1, -0.05) is 0 Å². The lowest BCUT2D eigenvalue weighted by Gasteiger charge is -2.19. The van der Waals surface area contributed by atoms with Crippen LogP contribution >= 0.6 is 0 Å². The van der Waals surface area contributed by atoms with E-state index >= 15 is 0 Å². The van der Waals surface area contributed by atoms with Crippen molar-refractivity contribution < 1.29 is 13.2 Å². The molecule has 1 atom stereocenters. The van der Waals surface area contributed by atoms with E-state index in [0.29, 0.717) is 37.4 Å². The van der Waals surface area contributed by atoms with E-state index in [0.717, 1.165) is 22.6 Å². The molecule has 1 unspecified atom stereocenters. The predicted octanol–water partition coefficient (Wildman–Crippen LogP) is 1.80. The van der Waals surface area contributed by atoms with Crippen molar-refractivity contribution in [1.82, 2.24) is 14.5 Å². The summed E-state index contributed by atoms with van der Waals surface area (Å²) >= 11 is 0. The number of hydrogen-bond donors (Lipinski definition) is 2. The van der Waals surface area contributed by atoms with Crippen molar-refractivity contribution in [2.45, 2.75) is 53.2 Å². The number of primary sulfonamides is 1. The molecule has 0 saturated carbocycles. The first-order valence-electron chi connectivity index (χ1n) is 8.37. The number of anilines is 1. The van der Waals surface area contributed by atoms with Gasteiger partial charge in [-0.2, -0.15) is 0 Å². The number of rotatable bonds is 8. The first-order chi connectivity index (χ1) is 11.7. The molecule has 25 heavy (non-hydrogen) atoms. The maximum absolute atomic E-state index is 11.2. The van der Waals surface area contributed by atoms with Crippen LogP contribution in [0.2, 0.25) is 0 Å². The molecule has 4 N–H and O–H groups in total. The van der Waals surface area contributed by atoms with Crippen LogP contribution in [0, 0.1) is 13.8 Å². The summed E-state index contributed by atoms with van der Waals surface area (Å²) in [6, 6.07) is 0.0297. The van der Waals surface area contributed by atoms with Crippen LogP contribution in [0.5, 0.6) is 0 Å². The number of nitrogen functional groups attached to an aromatic ring is 1. The van der Waals surface area contributed by atoms with Crippen molar-refractivity contribution in [3.8, 4) is 0 Å². The molecule has 0 fully saturated rings. The minimum absolute atomic E-state index is 0.0297. The van der Waals surface area contributed by atoms with E-state index < -0.39 is 10.0 Å². The van der Waals surface area contributed by atoms with E-state index in [1.165, 1.54) is 0 Å². The van der Waals surface area contributed by atoms with Gasteiger partial charge in [0.1, 0.15) is 17.9 Å². The average Bonchev–Trinajstić information content (AvgIpc) is 2.89. The quantitative estimate of drug-likeness (QED) is 0.730. The summed E-state index contributed by atoms with van der Waals surface area (Å²) in [6.45, 7) is 8.80. The maximum Gasteiger partial charge on any atom is 0.209 e. The number of aromatic nitrogens is 3. The molecule has 2 rings (SSSR count). The number of aryl methyl sites for hydroxylation is 2. The average molecular weight is 369 g/mol. The summed E-state index contributed by atoms with van der Waals surface area (Å²) in [4.78, 5) is 8.99. The summed E-state index contributed by atoms with van der Waals surface area (Å²) in [5.41, 5.74) is 9.53. The van der Waals surface area contributed by atoms with Gasteiger partial charge in [0.15, 0.2) is 5.82 Å². The lowest BCUT2D eigenvalue weighted by atomic mass is 10.1. The molecule has 0 bridgehead atoms. The fourth-order valence-electron chi connectivity index (χ4n) is 2.98. The fourth-order valence-corrected chi connectivity index (χ4v) is 3.55. The van der Waals surface area contributed by atoms with Crippen LogP contribution in [0.15, 0.2) is 0 Å². The predicted molar refractivity (Wildman–Crippen MR) is 98.7 cm³/mol. The Bertz CT molecular complexity index is 861. The Kier molecular flexibility index (Phi) is 6.02. The van der Waals surface area contributed by atoms with E-state index in [1.54, 1.807) is 0 Å². The van der Waals surface area contributed by atoms with E-state index in [9.17, 15) is 8.42 Å². The molecule has 9 heteroatoms. The van der Waals surface area contributed by atoms with E-state index in [4.69, 9.17) is 15.6 Å². The van der Waals surface area contributed by atoms with Crippen LogP contribution in [0.3, 0.4) is 0 Å². The molecular formula is C16H27N5O3S. The Morgan fingerprint density at radius 2 is 1.96 bits per heavy atom. The number of fused-ring (bicyclic) bond motifs is 1. The number of pyridine rings is 1. The summed E-state index contributed by atoms with van der Waals surface area (Å²) < 4.78 is 30.0. The first kappa shape index (κ1) is 19.6. The Morgan fingerprint density at radius 3 is 2.56 bits per heavy atom. The molecule has 0 aliphatic carbocycles. The summed E-state index contributed by atoms with van der Waals surface area (Å²) in [5.74, 6) is 1.13. The summed E-state index contributed by atoms with van der Waals surface area (Å²) in [7, 11) is -3.46. The lowest BCUT2D eigenvalue weighted by Crippen LogP contribution is -2.18. The highest BCUT2D eigenvalue weighted by molar-refractivity contribution is 7.89. The molecule has 0 amide bonds. The molecule has 0 aromatic carbocycles. The standard InChI is InChI=1S/C16H27N5O3S/c1-5-24-9-13-20-14-15(11(3)12(4)19-16(14)17)21(13)10(2)7-6-8-25(18,22)23/h10H,5-9H2,1-4H3,(H2,17,19)(H2,18,22,23). The fraction of sp³-hybridized carbons (Fsp3) is 0.625. The number of nitrogens with two attached hydrogens (primary N) is 2. The summed E-state index contributed by atoms with van der Waals surface area (Å²) in [6.07, 6.45) is 1.13. The van der Waals surface area contributed by atoms with Crippen LogP contribution in [-0.4, -0.2) is 35.3 Å². The van der Waals surface area contributed by atoms with E-state index in [1.807, 2.05) is 27.7 Å². The zero-order valence-electron chi connectivity index (χ0n) is 15.2. The second kappa shape index (κ2) is 7.67. The molecule has 2 heterocycles. The molecule has 0 aliphatic heterocycles. The molecule has 2 aromatic heterocycles. The SMILES string of the molecule is CCOCc1nc2c(N)nc(C)c(C)c2n1C(C)CCCS(N)(=O)=O. The highest BCUT2D eigenvalue weighted by atomic mass is 32.2. The van der Waals surface area contributed by atoms with Gasteiger partial charge < -0.3 is 15.0 Å². The largest absolute Gasteiger partial charge is 0.382 e. The molecule has 2 aromatic rings. The Labute approximate surface area is 148 Å². The van der Waals surface area contributed by atoms with Crippen LogP contribution < -0.4 is 10.9 Å². The highest BCUT2D eigenvalue weighted by Gasteiger charge is 2.21. The van der Waals surface area contributed by atoms with Crippen molar-refractivity contribution in [3.63, 3.8) is 0 Å². The minimum atomic E-state index is -3.46. The molecule has 0 aliphatic rings. The Balaban J connectivity index is 2.46. The minimum Gasteiger partial charge on any atom is -0.382 e. The molecule has 140 valence electrons. The van der Waals surface area contributed by atoms with E-state index in [-0.39, 0.29) is 11.8 Å². The second-order valence-electron chi connectivity index (χ2n) is 6.30. The number of ether oxygens (including phenoxy) is 1. The zero-order chi connectivity index (χ0) is 18.8. The van der Waals surface area contributed by atoms with Gasteiger partial charge in [0.05, 0.1) is 11.3 Å². The number of hydrogen-bond acceptors (Lipinski definition) is 6. The van der Waals surface area contributed by atoms with Crippen molar-refractivity contribution >= 4 is 26.9 Å². The molecule has 0 radical (unpaired) electrons. The third-order valence-corrected chi connectivity index (χ3v) is 5.20. The van der Waals surface area contributed by atoms with Gasteiger partial charge in [0.2, 0.25) is 10.0 Å². The smallest absolute Gasteiger partial charge is 0.209 e. The molecular weight excluding hydrogens is 342 g/mol. The van der Waals surface area contributed by atoms with Gasteiger partial charge in [-0.25, -0.2) is 23.5 Å². The monoisotopic (exact) mass is 369 g/mol. The first-order valence-corrected chi connectivity index (χ1v) is 10.1. The maximum atomic E-state index is 11.2. The zero-order valence-corrected chi connectivity index (χ0v) is 16.1. The van der Waals surface area contributed by atoms with Crippen molar-refractivity contribution in [1.29, 1.82) is 0 Å². The van der Waals surface area contributed by atoms with Crippen molar-refractivity contribution in [2.75, 3.05) is 18.1 Å². The van der Waals surface area contributed by atoms with Gasteiger partial charge in [0, 0.05) is 18.3 Å². The normalized spacial score (nSPS) is 13.5. The Morgan fingerprint density at radius 1 is 1.28 bits per heavy atom. The van der Waals surface area contributed by atoms with Gasteiger partial charge in [0.25, 0.3) is 0 Å². The Hall–Kier alpha value is -1.71. The number of nitrogens with zero attached hydrogens (tertiary/aromatic N) is 3. The van der Waals surface area contributed by atoms with Gasteiger partial charge >= 0.3 is 0 Å². The van der Waals surface area contributed by atoms with Gasteiger partial charge in [-0.05, 0) is 46.1 Å². The van der Waals surface area contributed by atoms with Crippen molar-refractivity contribution in [3.05, 3.63) is 17.1 Å². The van der Waals surface area contributed by atoms with E-state index in [2.05, 4.69) is 14.5 Å². The summed E-state index contributed by atoms with van der Waals surface area (Å²) in [5, 5.41) is 5.10. The topological polar surface area (TPSA) is 126 Å². The molecule has 0 spiro atoms.